The van der Waals surface area contributed by atoms with Crippen LogP contribution in [0, 0.1) is 0 Å². The number of amides is 1. The van der Waals surface area contributed by atoms with Gasteiger partial charge in [0.15, 0.2) is 0 Å². The van der Waals surface area contributed by atoms with Gasteiger partial charge in [0.25, 0.3) is 6.43 Å². The first kappa shape index (κ1) is 21.6. The lowest BCUT2D eigenvalue weighted by molar-refractivity contribution is -0.122. The lowest BCUT2D eigenvalue weighted by Crippen LogP contribution is -2.46. The monoisotopic (exact) mass is 425 g/mol. The van der Waals surface area contributed by atoms with Crippen molar-refractivity contribution in [3.63, 3.8) is 0 Å². The summed E-state index contributed by atoms with van der Waals surface area (Å²) < 4.78 is 52.2. The van der Waals surface area contributed by atoms with Crippen LogP contribution >= 0.6 is 0 Å². The number of carbonyl (C=O) groups excluding carboxylic acids is 1. The molecule has 1 saturated heterocycles. The summed E-state index contributed by atoms with van der Waals surface area (Å²) >= 11 is 0. The van der Waals surface area contributed by atoms with Gasteiger partial charge in [0.05, 0.1) is 11.4 Å². The number of nitrogens with one attached hydrogen (secondary N) is 2. The predicted molar refractivity (Wildman–Crippen MR) is 107 cm³/mol. The van der Waals surface area contributed by atoms with Gasteiger partial charge < -0.3 is 5.32 Å². The van der Waals surface area contributed by atoms with E-state index in [2.05, 4.69) is 10.0 Å². The predicted octanol–water partition coefficient (Wildman–Crippen LogP) is 2.35. The van der Waals surface area contributed by atoms with E-state index >= 15 is 0 Å². The zero-order chi connectivity index (χ0) is 20.9. The van der Waals surface area contributed by atoms with E-state index in [1.807, 2.05) is 24.3 Å². The number of hydrogen-bond acceptors (Lipinski definition) is 4. The molecule has 1 amide bonds. The molecule has 1 aliphatic heterocycles. The van der Waals surface area contributed by atoms with Gasteiger partial charge in [0.1, 0.15) is 0 Å². The highest BCUT2D eigenvalue weighted by Crippen LogP contribution is 2.18. The molecule has 0 aromatic heterocycles. The zero-order valence-electron chi connectivity index (χ0n) is 16.0. The Morgan fingerprint density at radius 1 is 1.10 bits per heavy atom. The van der Waals surface area contributed by atoms with E-state index in [4.69, 9.17) is 0 Å². The van der Waals surface area contributed by atoms with E-state index in [1.54, 1.807) is 17.0 Å². The van der Waals surface area contributed by atoms with Crippen LogP contribution in [-0.4, -0.2) is 57.9 Å². The third-order valence-corrected chi connectivity index (χ3v) is 6.48. The molecule has 1 fully saturated rings. The molecule has 2 N–H and O–H groups in total. The van der Waals surface area contributed by atoms with Crippen molar-refractivity contribution in [3.05, 3.63) is 42.5 Å². The fourth-order valence-corrected chi connectivity index (χ4v) is 4.54. The minimum absolute atomic E-state index is 0.00871. The van der Waals surface area contributed by atoms with E-state index in [0.717, 1.165) is 10.8 Å². The quantitative estimate of drug-likeness (QED) is 0.681. The first-order valence-corrected chi connectivity index (χ1v) is 11.1. The Bertz CT molecular complexity index is 945. The number of likely N-dealkylation sites (tertiary alicyclic amines) is 1. The molecular formula is C20H25F2N3O3S. The Hall–Kier alpha value is -2.10. The third-order valence-electron chi connectivity index (χ3n) is 5.02. The van der Waals surface area contributed by atoms with Crippen LogP contribution in [0.3, 0.4) is 0 Å². The summed E-state index contributed by atoms with van der Waals surface area (Å²) in [5.41, 5.74) is 0. The first-order chi connectivity index (χ1) is 13.8. The largest absolute Gasteiger partial charge is 0.353 e. The molecule has 158 valence electrons. The van der Waals surface area contributed by atoms with Gasteiger partial charge in [-0.2, -0.15) is 0 Å². The fraction of sp³-hybridized carbons (Fsp3) is 0.450. The molecule has 0 atom stereocenters. The second-order valence-electron chi connectivity index (χ2n) is 7.19. The van der Waals surface area contributed by atoms with E-state index in [1.165, 1.54) is 6.07 Å². The van der Waals surface area contributed by atoms with Gasteiger partial charge in [0, 0.05) is 32.1 Å². The van der Waals surface area contributed by atoms with Crippen LogP contribution in [0.1, 0.15) is 19.3 Å². The summed E-state index contributed by atoms with van der Waals surface area (Å²) in [6, 6.07) is 12.3. The highest BCUT2D eigenvalue weighted by Gasteiger charge is 2.22. The van der Waals surface area contributed by atoms with Crippen LogP contribution < -0.4 is 10.0 Å². The number of rotatable bonds is 8. The normalized spacial score (nSPS) is 16.4. The molecular weight excluding hydrogens is 400 g/mol. The molecule has 6 nitrogen and oxygen atoms in total. The number of fused-ring (bicyclic) bond motifs is 1. The molecule has 29 heavy (non-hydrogen) atoms. The van der Waals surface area contributed by atoms with Crippen LogP contribution in [0.5, 0.6) is 0 Å². The number of piperidine rings is 1. The van der Waals surface area contributed by atoms with Gasteiger partial charge in [-0.3, -0.25) is 9.69 Å². The average Bonchev–Trinajstić information content (AvgIpc) is 2.68. The van der Waals surface area contributed by atoms with Gasteiger partial charge >= 0.3 is 0 Å². The number of carbonyl (C=O) groups is 1. The Balaban J connectivity index is 1.44. The standard InChI is InChI=1S/C20H25F2N3O3S/c21-19(22)14-25-11-8-17(9-12-25)24-20(26)7-10-23-29(27,28)18-6-5-15-3-1-2-4-16(15)13-18/h1-6,13,17,19,23H,7-12,14H2,(H,24,26). The SMILES string of the molecule is O=C(CCNS(=O)(=O)c1ccc2ccccc2c1)NC1CCN(CC(F)F)CC1. The molecule has 2 aromatic rings. The summed E-state index contributed by atoms with van der Waals surface area (Å²) in [6.45, 7) is 0.788. The number of hydrogen-bond donors (Lipinski definition) is 2. The maximum atomic E-state index is 12.5. The summed E-state index contributed by atoms with van der Waals surface area (Å²) in [5.74, 6) is -0.251. The maximum Gasteiger partial charge on any atom is 0.251 e. The molecule has 0 bridgehead atoms. The van der Waals surface area contributed by atoms with Crippen molar-refractivity contribution < 1.29 is 22.0 Å². The Morgan fingerprint density at radius 3 is 2.48 bits per heavy atom. The van der Waals surface area contributed by atoms with Crippen molar-refractivity contribution >= 4 is 26.7 Å². The lowest BCUT2D eigenvalue weighted by atomic mass is 10.0. The van der Waals surface area contributed by atoms with Gasteiger partial charge in [-0.15, -0.1) is 0 Å². The van der Waals surface area contributed by atoms with Crippen LogP contribution in [0.15, 0.2) is 47.4 Å². The molecule has 0 unspecified atom stereocenters. The smallest absolute Gasteiger partial charge is 0.251 e. The van der Waals surface area contributed by atoms with Crippen LogP contribution in [0.4, 0.5) is 8.78 Å². The van der Waals surface area contributed by atoms with E-state index in [9.17, 15) is 22.0 Å². The maximum absolute atomic E-state index is 12.5. The summed E-state index contributed by atoms with van der Waals surface area (Å²) in [7, 11) is -3.71. The summed E-state index contributed by atoms with van der Waals surface area (Å²) in [6.07, 6.45) is -1.11. The third kappa shape index (κ3) is 6.19. The first-order valence-electron chi connectivity index (χ1n) is 9.62. The highest BCUT2D eigenvalue weighted by molar-refractivity contribution is 7.89. The zero-order valence-corrected chi connectivity index (χ0v) is 16.8. The van der Waals surface area contributed by atoms with Crippen molar-refractivity contribution in [1.82, 2.24) is 14.9 Å². The van der Waals surface area contributed by atoms with Crippen LogP contribution in [-0.2, 0) is 14.8 Å². The summed E-state index contributed by atoms with van der Waals surface area (Å²) in [5, 5.41) is 4.63. The van der Waals surface area contributed by atoms with Crippen molar-refractivity contribution in [1.29, 1.82) is 0 Å². The Labute approximate surface area is 169 Å². The molecule has 0 saturated carbocycles. The number of benzene rings is 2. The van der Waals surface area contributed by atoms with Crippen LogP contribution in [0.2, 0.25) is 0 Å². The number of halogens is 2. The van der Waals surface area contributed by atoms with E-state index in [-0.39, 0.29) is 36.4 Å². The van der Waals surface area contributed by atoms with E-state index in [0.29, 0.717) is 25.9 Å². The second-order valence-corrected chi connectivity index (χ2v) is 8.96. The molecule has 9 heteroatoms. The number of alkyl halides is 2. The number of sulfonamides is 1. The molecule has 1 heterocycles. The van der Waals surface area contributed by atoms with Gasteiger partial charge in [-0.05, 0) is 35.7 Å². The van der Waals surface area contributed by atoms with Crippen molar-refractivity contribution in [2.45, 2.75) is 36.6 Å². The molecule has 2 aromatic carbocycles. The minimum atomic E-state index is -3.71. The molecule has 0 spiro atoms. The molecule has 1 aliphatic rings. The average molecular weight is 426 g/mol. The molecule has 0 radical (unpaired) electrons. The minimum Gasteiger partial charge on any atom is -0.353 e. The second kappa shape index (κ2) is 9.60. The van der Waals surface area contributed by atoms with Gasteiger partial charge in [-0.1, -0.05) is 30.3 Å². The van der Waals surface area contributed by atoms with Gasteiger partial charge in [-0.25, -0.2) is 21.9 Å². The van der Waals surface area contributed by atoms with Crippen molar-refractivity contribution in [3.8, 4) is 0 Å². The lowest BCUT2D eigenvalue weighted by Gasteiger charge is -2.32. The van der Waals surface area contributed by atoms with Gasteiger partial charge in [0.2, 0.25) is 15.9 Å². The van der Waals surface area contributed by atoms with Crippen molar-refractivity contribution in [2.75, 3.05) is 26.2 Å². The Kier molecular flexibility index (Phi) is 7.15. The van der Waals surface area contributed by atoms with E-state index < -0.39 is 16.4 Å². The Morgan fingerprint density at radius 2 is 1.79 bits per heavy atom. The molecule has 3 rings (SSSR count). The topological polar surface area (TPSA) is 78.5 Å². The van der Waals surface area contributed by atoms with Crippen LogP contribution in [0.25, 0.3) is 10.8 Å². The number of nitrogens with zero attached hydrogens (tertiary/aromatic N) is 1. The summed E-state index contributed by atoms with van der Waals surface area (Å²) in [4.78, 5) is 13.9. The molecule has 0 aliphatic carbocycles. The van der Waals surface area contributed by atoms with Crippen molar-refractivity contribution in [2.24, 2.45) is 0 Å². The highest BCUT2D eigenvalue weighted by atomic mass is 32.2. The fourth-order valence-electron chi connectivity index (χ4n) is 3.47.